The van der Waals surface area contributed by atoms with Gasteiger partial charge in [0.25, 0.3) is 0 Å². The highest BCUT2D eigenvalue weighted by atomic mass is 16.5. The number of hydrogen-bond acceptors (Lipinski definition) is 4. The second-order valence-corrected chi connectivity index (χ2v) is 5.57. The minimum Gasteiger partial charge on any atom is -0.504 e. The van der Waals surface area contributed by atoms with Gasteiger partial charge >= 0.3 is 5.97 Å². The standard InChI is InChI=1S/C14H21NO4/c1-14(2,3)8-5-9(10(15)7-12(17)18)13(19-4)11(16)6-8/h5-6,10,16H,7,15H2,1-4H3,(H,17,18). The molecule has 1 unspecified atom stereocenters. The first-order valence-electron chi connectivity index (χ1n) is 6.05. The number of phenols is 1. The molecule has 19 heavy (non-hydrogen) atoms. The third-order valence-corrected chi connectivity index (χ3v) is 2.96. The van der Waals surface area contributed by atoms with Gasteiger partial charge in [-0.05, 0) is 23.1 Å². The van der Waals surface area contributed by atoms with Crippen LogP contribution in [0.2, 0.25) is 0 Å². The Kier molecular flexibility index (Phi) is 4.42. The van der Waals surface area contributed by atoms with Crippen molar-refractivity contribution in [1.29, 1.82) is 0 Å². The smallest absolute Gasteiger partial charge is 0.305 e. The Balaban J connectivity index is 3.34. The Hall–Kier alpha value is -1.75. The summed E-state index contributed by atoms with van der Waals surface area (Å²) in [6.45, 7) is 6.00. The average molecular weight is 267 g/mol. The maximum atomic E-state index is 10.8. The summed E-state index contributed by atoms with van der Waals surface area (Å²) < 4.78 is 5.12. The van der Waals surface area contributed by atoms with E-state index >= 15 is 0 Å². The molecule has 0 bridgehead atoms. The molecule has 5 nitrogen and oxygen atoms in total. The van der Waals surface area contributed by atoms with E-state index in [4.69, 9.17) is 15.6 Å². The van der Waals surface area contributed by atoms with E-state index in [1.165, 1.54) is 7.11 Å². The van der Waals surface area contributed by atoms with Crippen molar-refractivity contribution in [2.45, 2.75) is 38.6 Å². The van der Waals surface area contributed by atoms with E-state index in [0.717, 1.165) is 5.56 Å². The molecule has 106 valence electrons. The highest BCUT2D eigenvalue weighted by Crippen LogP contribution is 2.38. The van der Waals surface area contributed by atoms with Gasteiger partial charge in [0.2, 0.25) is 0 Å². The number of nitrogens with two attached hydrogens (primary N) is 1. The van der Waals surface area contributed by atoms with Gasteiger partial charge in [-0.25, -0.2) is 0 Å². The molecule has 5 heteroatoms. The van der Waals surface area contributed by atoms with Gasteiger partial charge in [0.15, 0.2) is 11.5 Å². The van der Waals surface area contributed by atoms with Crippen molar-refractivity contribution in [2.24, 2.45) is 5.73 Å². The van der Waals surface area contributed by atoms with Crippen LogP contribution in [0.3, 0.4) is 0 Å². The van der Waals surface area contributed by atoms with Crippen LogP contribution >= 0.6 is 0 Å². The van der Waals surface area contributed by atoms with Crippen molar-refractivity contribution in [1.82, 2.24) is 0 Å². The third kappa shape index (κ3) is 3.61. The number of carbonyl (C=O) groups is 1. The summed E-state index contributed by atoms with van der Waals surface area (Å²) >= 11 is 0. The molecule has 1 rings (SSSR count). The van der Waals surface area contributed by atoms with E-state index in [1.807, 2.05) is 20.8 Å². The molecule has 0 saturated heterocycles. The molecule has 0 spiro atoms. The van der Waals surface area contributed by atoms with Gasteiger partial charge in [-0.1, -0.05) is 20.8 Å². The Labute approximate surface area is 113 Å². The molecule has 1 atom stereocenters. The lowest BCUT2D eigenvalue weighted by Crippen LogP contribution is -2.18. The topological polar surface area (TPSA) is 92.8 Å². The molecule has 0 fully saturated rings. The van der Waals surface area contributed by atoms with E-state index in [0.29, 0.717) is 5.56 Å². The molecule has 0 radical (unpaired) electrons. The van der Waals surface area contributed by atoms with E-state index < -0.39 is 12.0 Å². The predicted octanol–water partition coefficient (Wildman–Crippen LogP) is 2.17. The van der Waals surface area contributed by atoms with Gasteiger partial charge in [-0.15, -0.1) is 0 Å². The molecule has 1 aromatic carbocycles. The van der Waals surface area contributed by atoms with Crippen LogP contribution in [0.1, 0.15) is 44.4 Å². The quantitative estimate of drug-likeness (QED) is 0.777. The highest BCUT2D eigenvalue weighted by Gasteiger charge is 2.23. The van der Waals surface area contributed by atoms with Crippen LogP contribution in [0.15, 0.2) is 12.1 Å². The number of phenolic OH excluding ortho intramolecular Hbond substituents is 1. The monoisotopic (exact) mass is 267 g/mol. The minimum atomic E-state index is -0.991. The third-order valence-electron chi connectivity index (χ3n) is 2.96. The van der Waals surface area contributed by atoms with Crippen molar-refractivity contribution in [3.8, 4) is 11.5 Å². The first-order valence-corrected chi connectivity index (χ1v) is 6.05. The van der Waals surface area contributed by atoms with Crippen LogP contribution in [0, 0.1) is 0 Å². The lowest BCUT2D eigenvalue weighted by Gasteiger charge is -2.23. The molecule has 0 aliphatic carbocycles. The zero-order chi connectivity index (χ0) is 14.8. The van der Waals surface area contributed by atoms with Gasteiger partial charge < -0.3 is 20.7 Å². The van der Waals surface area contributed by atoms with Crippen molar-refractivity contribution in [2.75, 3.05) is 7.11 Å². The van der Waals surface area contributed by atoms with E-state index in [2.05, 4.69) is 0 Å². The Morgan fingerprint density at radius 3 is 2.42 bits per heavy atom. The van der Waals surface area contributed by atoms with Crippen LogP contribution < -0.4 is 10.5 Å². The summed E-state index contributed by atoms with van der Waals surface area (Å²) in [4.78, 5) is 10.8. The number of hydrogen-bond donors (Lipinski definition) is 3. The van der Waals surface area contributed by atoms with Gasteiger partial charge in [0.05, 0.1) is 13.5 Å². The Morgan fingerprint density at radius 2 is 2.00 bits per heavy atom. The average Bonchev–Trinajstić information content (AvgIpc) is 2.25. The number of ether oxygens (including phenoxy) is 1. The minimum absolute atomic E-state index is 0.0224. The van der Waals surface area contributed by atoms with Crippen molar-refractivity contribution < 1.29 is 19.7 Å². The number of carboxylic acid groups (broad SMARTS) is 1. The largest absolute Gasteiger partial charge is 0.504 e. The fraction of sp³-hybridized carbons (Fsp3) is 0.500. The lowest BCUT2D eigenvalue weighted by atomic mass is 9.84. The van der Waals surface area contributed by atoms with Crippen molar-refractivity contribution in [3.05, 3.63) is 23.3 Å². The Bertz CT molecular complexity index is 477. The number of aliphatic carboxylic acids is 1. The number of carboxylic acids is 1. The fourth-order valence-electron chi connectivity index (χ4n) is 1.86. The molecule has 0 aliphatic heterocycles. The Morgan fingerprint density at radius 1 is 1.42 bits per heavy atom. The van der Waals surface area contributed by atoms with Gasteiger partial charge in [-0.2, -0.15) is 0 Å². The molecule has 4 N–H and O–H groups in total. The van der Waals surface area contributed by atoms with E-state index in [-0.39, 0.29) is 23.3 Å². The molecule has 0 aliphatic rings. The van der Waals surface area contributed by atoms with Crippen LogP contribution in [0.25, 0.3) is 0 Å². The molecule has 0 amide bonds. The maximum Gasteiger partial charge on any atom is 0.305 e. The summed E-state index contributed by atoms with van der Waals surface area (Å²) in [5.74, 6) is -0.775. The van der Waals surface area contributed by atoms with Crippen molar-refractivity contribution in [3.63, 3.8) is 0 Å². The van der Waals surface area contributed by atoms with Crippen LogP contribution in [-0.2, 0) is 10.2 Å². The van der Waals surface area contributed by atoms with E-state index in [9.17, 15) is 9.90 Å². The first kappa shape index (κ1) is 15.3. The maximum absolute atomic E-state index is 10.8. The number of benzene rings is 1. The van der Waals surface area contributed by atoms with Gasteiger partial charge in [0, 0.05) is 11.6 Å². The van der Waals surface area contributed by atoms with Crippen molar-refractivity contribution >= 4 is 5.97 Å². The molecule has 0 aromatic heterocycles. The van der Waals surface area contributed by atoms with Crippen LogP contribution in [-0.4, -0.2) is 23.3 Å². The zero-order valence-electron chi connectivity index (χ0n) is 11.7. The second-order valence-electron chi connectivity index (χ2n) is 5.57. The SMILES string of the molecule is COc1c(O)cc(C(C)(C)C)cc1C(N)CC(=O)O. The zero-order valence-corrected chi connectivity index (χ0v) is 11.7. The van der Waals surface area contributed by atoms with Crippen LogP contribution in [0.4, 0.5) is 0 Å². The summed E-state index contributed by atoms with van der Waals surface area (Å²) in [5.41, 5.74) is 7.09. The normalized spacial score (nSPS) is 13.1. The molecule has 0 heterocycles. The molecular weight excluding hydrogens is 246 g/mol. The molecular formula is C14H21NO4. The summed E-state index contributed by atoms with van der Waals surface area (Å²) in [7, 11) is 1.42. The summed E-state index contributed by atoms with van der Waals surface area (Å²) in [6, 6.07) is 2.70. The van der Waals surface area contributed by atoms with E-state index in [1.54, 1.807) is 12.1 Å². The summed E-state index contributed by atoms with van der Waals surface area (Å²) in [6.07, 6.45) is -0.219. The first-order chi connectivity index (χ1) is 8.66. The second kappa shape index (κ2) is 5.48. The molecule has 1 aromatic rings. The predicted molar refractivity (Wildman–Crippen MR) is 72.5 cm³/mol. The van der Waals surface area contributed by atoms with Crippen LogP contribution in [0.5, 0.6) is 11.5 Å². The summed E-state index contributed by atoms with van der Waals surface area (Å²) in [5, 5.41) is 18.8. The number of rotatable bonds is 4. The van der Waals surface area contributed by atoms with Gasteiger partial charge in [-0.3, -0.25) is 4.79 Å². The highest BCUT2D eigenvalue weighted by molar-refractivity contribution is 5.68. The fourth-order valence-corrected chi connectivity index (χ4v) is 1.86. The lowest BCUT2D eigenvalue weighted by molar-refractivity contribution is -0.137. The number of methoxy groups -OCH3 is 1. The van der Waals surface area contributed by atoms with Gasteiger partial charge in [0.1, 0.15) is 0 Å². The molecule has 0 saturated carbocycles. The number of aromatic hydroxyl groups is 1.